The van der Waals surface area contributed by atoms with Crippen LogP contribution in [0, 0.1) is 5.82 Å². The number of nitrogens with one attached hydrogen (secondary N) is 2. The zero-order valence-corrected chi connectivity index (χ0v) is 14.5. The Labute approximate surface area is 153 Å². The third-order valence-corrected chi connectivity index (χ3v) is 4.97. The smallest absolute Gasteiger partial charge is 0.314 e. The maximum Gasteiger partial charge on any atom is 0.314 e. The molecule has 2 N–H and O–H groups in total. The maximum atomic E-state index is 13.4. The van der Waals surface area contributed by atoms with Gasteiger partial charge in [0.05, 0.1) is 11.0 Å². The van der Waals surface area contributed by atoms with Crippen molar-refractivity contribution < 1.29 is 9.18 Å². The molecule has 27 heavy (non-hydrogen) atoms. The van der Waals surface area contributed by atoms with Gasteiger partial charge in [0.1, 0.15) is 5.82 Å². The number of likely N-dealkylation sites (tertiary alicyclic amines) is 1. The molecule has 0 unspecified atom stereocenters. The summed E-state index contributed by atoms with van der Waals surface area (Å²) in [5, 5.41) is 0. The molecule has 0 saturated carbocycles. The fraction of sp³-hybridized carbons (Fsp3) is 0.250. The Balaban J connectivity index is 1.61. The van der Waals surface area contributed by atoms with Crippen molar-refractivity contribution >= 4 is 16.9 Å². The monoisotopic (exact) mass is 367 g/mol. The highest BCUT2D eigenvalue weighted by molar-refractivity contribution is 5.97. The van der Waals surface area contributed by atoms with Crippen LogP contribution in [0.25, 0.3) is 11.0 Å². The minimum Gasteiger partial charge on any atom is -0.335 e. The molecule has 2 aromatic carbocycles. The lowest BCUT2D eigenvalue weighted by Gasteiger charge is -2.25. The van der Waals surface area contributed by atoms with Gasteiger partial charge in [-0.15, -0.1) is 0 Å². The van der Waals surface area contributed by atoms with Crippen LogP contribution in [0.1, 0.15) is 28.8 Å². The van der Waals surface area contributed by atoms with Crippen molar-refractivity contribution in [2.75, 3.05) is 6.54 Å². The summed E-state index contributed by atoms with van der Waals surface area (Å²) in [4.78, 5) is 42.7. The van der Waals surface area contributed by atoms with Crippen molar-refractivity contribution in [3.8, 4) is 0 Å². The predicted molar refractivity (Wildman–Crippen MR) is 99.4 cm³/mol. The normalized spacial score (nSPS) is 16.8. The van der Waals surface area contributed by atoms with Gasteiger partial charge in [-0.05, 0) is 55.2 Å². The summed E-state index contributed by atoms with van der Waals surface area (Å²) in [6.07, 6.45) is 2.35. The van der Waals surface area contributed by atoms with Gasteiger partial charge < -0.3 is 14.9 Å². The molecule has 2 heterocycles. The first kappa shape index (κ1) is 17.2. The van der Waals surface area contributed by atoms with E-state index in [0.717, 1.165) is 18.4 Å². The van der Waals surface area contributed by atoms with Crippen molar-refractivity contribution in [1.82, 2.24) is 14.9 Å². The quantitative estimate of drug-likeness (QED) is 0.696. The molecule has 7 heteroatoms. The predicted octanol–water partition coefficient (Wildman–Crippen LogP) is 2.20. The average Bonchev–Trinajstić information content (AvgIpc) is 3.10. The Kier molecular flexibility index (Phi) is 4.35. The van der Waals surface area contributed by atoms with Crippen LogP contribution < -0.4 is 11.1 Å². The van der Waals surface area contributed by atoms with Crippen molar-refractivity contribution in [2.45, 2.75) is 25.3 Å². The fourth-order valence-corrected chi connectivity index (χ4v) is 3.66. The molecule has 1 saturated heterocycles. The molecule has 0 aliphatic carbocycles. The van der Waals surface area contributed by atoms with Gasteiger partial charge in [-0.3, -0.25) is 14.4 Å². The number of nitrogens with zero attached hydrogens (tertiary/aromatic N) is 1. The van der Waals surface area contributed by atoms with Crippen LogP contribution in [-0.2, 0) is 6.42 Å². The molecule has 1 aliphatic rings. The minimum atomic E-state index is -0.753. The number of aromatic amines is 2. The topological polar surface area (TPSA) is 86.0 Å². The molecular weight excluding hydrogens is 349 g/mol. The molecule has 4 rings (SSSR count). The number of benzene rings is 2. The van der Waals surface area contributed by atoms with E-state index < -0.39 is 11.1 Å². The van der Waals surface area contributed by atoms with E-state index in [1.807, 2.05) is 6.07 Å². The molecule has 0 radical (unpaired) electrons. The molecule has 1 aliphatic heterocycles. The zero-order valence-electron chi connectivity index (χ0n) is 14.5. The Morgan fingerprint density at radius 1 is 1.07 bits per heavy atom. The first-order valence-corrected chi connectivity index (χ1v) is 8.83. The third-order valence-electron chi connectivity index (χ3n) is 4.97. The van der Waals surface area contributed by atoms with Crippen molar-refractivity contribution in [2.24, 2.45) is 0 Å². The second kappa shape index (κ2) is 6.83. The van der Waals surface area contributed by atoms with E-state index in [4.69, 9.17) is 0 Å². The van der Waals surface area contributed by atoms with Crippen LogP contribution in [0.4, 0.5) is 4.39 Å². The van der Waals surface area contributed by atoms with Gasteiger partial charge in [-0.2, -0.15) is 0 Å². The molecule has 6 nitrogen and oxygen atoms in total. The van der Waals surface area contributed by atoms with Gasteiger partial charge in [0.15, 0.2) is 0 Å². The van der Waals surface area contributed by atoms with E-state index in [-0.39, 0.29) is 17.8 Å². The molecule has 1 fully saturated rings. The lowest BCUT2D eigenvalue weighted by molar-refractivity contribution is 0.0736. The lowest BCUT2D eigenvalue weighted by atomic mass is 10.0. The molecule has 138 valence electrons. The Bertz CT molecular complexity index is 1140. The van der Waals surface area contributed by atoms with Crippen molar-refractivity contribution in [1.29, 1.82) is 0 Å². The third kappa shape index (κ3) is 3.40. The summed E-state index contributed by atoms with van der Waals surface area (Å²) in [7, 11) is 0. The fourth-order valence-electron chi connectivity index (χ4n) is 3.66. The molecular formula is C20H18FN3O3. The van der Waals surface area contributed by atoms with Crippen molar-refractivity contribution in [3.63, 3.8) is 0 Å². The van der Waals surface area contributed by atoms with Gasteiger partial charge in [0, 0.05) is 18.2 Å². The van der Waals surface area contributed by atoms with Gasteiger partial charge in [-0.25, -0.2) is 4.39 Å². The number of aromatic nitrogens is 2. The molecule has 0 spiro atoms. The van der Waals surface area contributed by atoms with E-state index >= 15 is 0 Å². The van der Waals surface area contributed by atoms with Crippen molar-refractivity contribution in [3.05, 3.63) is 80.1 Å². The number of halogens is 1. The molecule has 1 atom stereocenters. The van der Waals surface area contributed by atoms with Crippen LogP contribution in [0.3, 0.4) is 0 Å². The summed E-state index contributed by atoms with van der Waals surface area (Å²) in [6, 6.07) is 11.3. The summed E-state index contributed by atoms with van der Waals surface area (Å²) < 4.78 is 13.4. The number of amides is 1. The number of carbonyl (C=O) groups excluding carboxylic acids is 1. The Hall–Kier alpha value is -3.22. The maximum absolute atomic E-state index is 13.4. The summed E-state index contributed by atoms with van der Waals surface area (Å²) in [6.45, 7) is 0.638. The number of hydrogen-bond acceptors (Lipinski definition) is 3. The number of fused-ring (bicyclic) bond motifs is 1. The number of H-pyrrole nitrogens is 2. The second-order valence-electron chi connectivity index (χ2n) is 6.80. The van der Waals surface area contributed by atoms with E-state index in [2.05, 4.69) is 9.97 Å². The van der Waals surface area contributed by atoms with Crippen LogP contribution in [-0.4, -0.2) is 33.4 Å². The summed E-state index contributed by atoms with van der Waals surface area (Å²) in [5.41, 5.74) is 0.699. The first-order valence-electron chi connectivity index (χ1n) is 8.83. The standard InChI is InChI=1S/C20H18FN3O3/c21-14-4-1-3-12(9-14)10-15-5-2-8-24(15)20(27)13-6-7-16-17(11-13)23-19(26)18(25)22-16/h1,3-4,6-7,9,11,15H,2,5,8,10H2,(H,22,25)(H,23,26)/t15-/m1/s1. The summed E-state index contributed by atoms with van der Waals surface area (Å²) in [5.74, 6) is -0.418. The van der Waals surface area contributed by atoms with E-state index in [0.29, 0.717) is 29.6 Å². The highest BCUT2D eigenvalue weighted by Gasteiger charge is 2.29. The molecule has 3 aromatic rings. The van der Waals surface area contributed by atoms with Crippen LogP contribution >= 0.6 is 0 Å². The molecule has 1 aromatic heterocycles. The zero-order chi connectivity index (χ0) is 19.0. The van der Waals surface area contributed by atoms with E-state index in [1.165, 1.54) is 12.1 Å². The van der Waals surface area contributed by atoms with Crippen LogP contribution in [0.5, 0.6) is 0 Å². The van der Waals surface area contributed by atoms with Crippen LogP contribution in [0.15, 0.2) is 52.1 Å². The average molecular weight is 367 g/mol. The number of rotatable bonds is 3. The minimum absolute atomic E-state index is 0.00428. The summed E-state index contributed by atoms with van der Waals surface area (Å²) >= 11 is 0. The van der Waals surface area contributed by atoms with E-state index in [9.17, 15) is 18.8 Å². The van der Waals surface area contributed by atoms with Gasteiger partial charge in [0.2, 0.25) is 0 Å². The second-order valence-corrected chi connectivity index (χ2v) is 6.80. The largest absolute Gasteiger partial charge is 0.335 e. The van der Waals surface area contributed by atoms with E-state index in [1.54, 1.807) is 29.2 Å². The Morgan fingerprint density at radius 3 is 2.63 bits per heavy atom. The van der Waals surface area contributed by atoms with Gasteiger partial charge in [0.25, 0.3) is 5.91 Å². The van der Waals surface area contributed by atoms with Crippen LogP contribution in [0.2, 0.25) is 0 Å². The highest BCUT2D eigenvalue weighted by atomic mass is 19.1. The highest BCUT2D eigenvalue weighted by Crippen LogP contribution is 2.24. The van der Waals surface area contributed by atoms with Gasteiger partial charge in [-0.1, -0.05) is 12.1 Å². The lowest BCUT2D eigenvalue weighted by Crippen LogP contribution is -2.37. The SMILES string of the molecule is O=C(c1ccc2[nH]c(=O)c(=O)[nH]c2c1)N1CCC[C@@H]1Cc1cccc(F)c1. The molecule has 0 bridgehead atoms. The number of carbonyl (C=O) groups is 1. The Morgan fingerprint density at radius 2 is 1.85 bits per heavy atom. The molecule has 1 amide bonds. The van der Waals surface area contributed by atoms with Gasteiger partial charge >= 0.3 is 11.1 Å². The number of hydrogen-bond donors (Lipinski definition) is 2. The first-order chi connectivity index (χ1) is 13.0.